The Hall–Kier alpha value is -2.25. The van der Waals surface area contributed by atoms with Crippen LogP contribution in [0, 0.1) is 5.82 Å². The highest BCUT2D eigenvalue weighted by molar-refractivity contribution is 7.89. The van der Waals surface area contributed by atoms with Gasteiger partial charge in [-0.15, -0.1) is 0 Å². The highest BCUT2D eigenvalue weighted by Gasteiger charge is 2.14. The van der Waals surface area contributed by atoms with E-state index in [9.17, 15) is 17.6 Å². The molecule has 5 nitrogen and oxygen atoms in total. The molecule has 0 saturated carbocycles. The van der Waals surface area contributed by atoms with Crippen LogP contribution in [0.4, 0.5) is 10.1 Å². The molecule has 140 valence electrons. The van der Waals surface area contributed by atoms with Crippen LogP contribution in [0.15, 0.2) is 53.4 Å². The standard InChI is InChI=1S/C19H23FN2O3S/c1-2-3-4-15-5-9-17(10-6-15)22-19(23)13-14-21-26(24,25)18-11-7-16(20)8-12-18/h5-12,21H,2-4,13-14H2,1H3,(H,22,23). The van der Waals surface area contributed by atoms with Gasteiger partial charge in [0.05, 0.1) is 4.90 Å². The molecule has 1 amide bonds. The molecule has 0 aliphatic rings. The summed E-state index contributed by atoms with van der Waals surface area (Å²) >= 11 is 0. The monoisotopic (exact) mass is 378 g/mol. The maximum Gasteiger partial charge on any atom is 0.240 e. The smallest absolute Gasteiger partial charge is 0.240 e. The zero-order chi connectivity index (χ0) is 19.0. The first-order valence-corrected chi connectivity index (χ1v) is 10.0. The van der Waals surface area contributed by atoms with Gasteiger partial charge in [0.2, 0.25) is 15.9 Å². The summed E-state index contributed by atoms with van der Waals surface area (Å²) in [7, 11) is -3.76. The summed E-state index contributed by atoms with van der Waals surface area (Å²) < 4.78 is 39.3. The number of unbranched alkanes of at least 4 members (excludes halogenated alkanes) is 1. The van der Waals surface area contributed by atoms with Gasteiger partial charge in [0.25, 0.3) is 0 Å². The van der Waals surface area contributed by atoms with Crippen molar-refractivity contribution < 1.29 is 17.6 Å². The molecule has 0 aliphatic carbocycles. The van der Waals surface area contributed by atoms with Gasteiger partial charge in [0, 0.05) is 18.7 Å². The zero-order valence-electron chi connectivity index (χ0n) is 14.7. The molecule has 7 heteroatoms. The predicted octanol–water partition coefficient (Wildman–Crippen LogP) is 3.48. The van der Waals surface area contributed by atoms with E-state index >= 15 is 0 Å². The molecule has 0 fully saturated rings. The summed E-state index contributed by atoms with van der Waals surface area (Å²) in [4.78, 5) is 11.9. The van der Waals surface area contributed by atoms with E-state index in [0.717, 1.165) is 31.4 Å². The number of halogens is 1. The second kappa shape index (κ2) is 9.45. The molecule has 0 aromatic heterocycles. The van der Waals surface area contributed by atoms with E-state index in [1.165, 1.54) is 17.7 Å². The maximum atomic E-state index is 12.9. The molecule has 0 saturated heterocycles. The summed E-state index contributed by atoms with van der Waals surface area (Å²) in [5.74, 6) is -0.794. The summed E-state index contributed by atoms with van der Waals surface area (Å²) in [6, 6.07) is 12.1. The van der Waals surface area contributed by atoms with Crippen LogP contribution in [0.1, 0.15) is 31.7 Å². The quantitative estimate of drug-likeness (QED) is 0.701. The van der Waals surface area contributed by atoms with Gasteiger partial charge in [-0.2, -0.15) is 0 Å². The van der Waals surface area contributed by atoms with Crippen LogP contribution in [0.25, 0.3) is 0 Å². The molecule has 0 bridgehead atoms. The molecule has 0 heterocycles. The topological polar surface area (TPSA) is 75.3 Å². The van der Waals surface area contributed by atoms with Crippen molar-refractivity contribution in [3.05, 3.63) is 59.9 Å². The lowest BCUT2D eigenvalue weighted by atomic mass is 10.1. The minimum absolute atomic E-state index is 0.00197. The highest BCUT2D eigenvalue weighted by atomic mass is 32.2. The first-order chi connectivity index (χ1) is 12.4. The molecule has 2 N–H and O–H groups in total. The van der Waals surface area contributed by atoms with Crippen LogP contribution >= 0.6 is 0 Å². The number of aryl methyl sites for hydroxylation is 1. The van der Waals surface area contributed by atoms with E-state index in [1.54, 1.807) is 0 Å². The Morgan fingerprint density at radius 1 is 1.04 bits per heavy atom. The van der Waals surface area contributed by atoms with Crippen LogP contribution in [0.5, 0.6) is 0 Å². The van der Waals surface area contributed by atoms with Gasteiger partial charge in [0.1, 0.15) is 5.82 Å². The number of benzene rings is 2. The molecule has 0 unspecified atom stereocenters. The first-order valence-electron chi connectivity index (χ1n) is 8.55. The molecule has 2 aromatic carbocycles. The zero-order valence-corrected chi connectivity index (χ0v) is 15.5. The van der Waals surface area contributed by atoms with Gasteiger partial charge in [0.15, 0.2) is 0 Å². The fourth-order valence-corrected chi connectivity index (χ4v) is 3.39. The van der Waals surface area contributed by atoms with E-state index in [4.69, 9.17) is 0 Å². The first kappa shape index (κ1) is 20.1. The fraction of sp³-hybridized carbons (Fsp3) is 0.316. The highest BCUT2D eigenvalue weighted by Crippen LogP contribution is 2.12. The average molecular weight is 378 g/mol. The van der Waals surface area contributed by atoms with Crippen molar-refractivity contribution in [1.29, 1.82) is 0 Å². The fourth-order valence-electron chi connectivity index (χ4n) is 2.36. The number of hydrogen-bond acceptors (Lipinski definition) is 3. The number of carbonyl (C=O) groups is 1. The Morgan fingerprint density at radius 2 is 1.69 bits per heavy atom. The lowest BCUT2D eigenvalue weighted by molar-refractivity contribution is -0.116. The van der Waals surface area contributed by atoms with E-state index in [0.29, 0.717) is 5.69 Å². The molecule has 0 radical (unpaired) electrons. The van der Waals surface area contributed by atoms with E-state index in [2.05, 4.69) is 17.0 Å². The third-order valence-corrected chi connectivity index (χ3v) is 5.30. The van der Waals surface area contributed by atoms with Crippen LogP contribution in [-0.2, 0) is 21.2 Å². The lowest BCUT2D eigenvalue weighted by Gasteiger charge is -2.08. The van der Waals surface area contributed by atoms with E-state index in [1.807, 2.05) is 24.3 Å². The Morgan fingerprint density at radius 3 is 2.31 bits per heavy atom. The normalized spacial score (nSPS) is 11.3. The molecule has 0 atom stereocenters. The third-order valence-electron chi connectivity index (χ3n) is 3.82. The van der Waals surface area contributed by atoms with Gasteiger partial charge in [-0.1, -0.05) is 25.5 Å². The second-order valence-corrected chi connectivity index (χ2v) is 7.72. The van der Waals surface area contributed by atoms with Gasteiger partial charge in [-0.05, 0) is 54.8 Å². The van der Waals surface area contributed by atoms with Gasteiger partial charge >= 0.3 is 0 Å². The predicted molar refractivity (Wildman–Crippen MR) is 99.9 cm³/mol. The number of rotatable bonds is 9. The van der Waals surface area contributed by atoms with Crippen LogP contribution in [-0.4, -0.2) is 20.9 Å². The largest absolute Gasteiger partial charge is 0.326 e. The second-order valence-electron chi connectivity index (χ2n) is 5.95. The number of sulfonamides is 1. The Balaban J connectivity index is 1.80. The van der Waals surface area contributed by atoms with Crippen LogP contribution < -0.4 is 10.0 Å². The van der Waals surface area contributed by atoms with Gasteiger partial charge < -0.3 is 5.32 Å². The number of nitrogens with one attached hydrogen (secondary N) is 2. The average Bonchev–Trinajstić information content (AvgIpc) is 2.61. The van der Waals surface area contributed by atoms with Crippen LogP contribution in [0.2, 0.25) is 0 Å². The SMILES string of the molecule is CCCCc1ccc(NC(=O)CCNS(=O)(=O)c2ccc(F)cc2)cc1. The molecule has 0 aliphatic heterocycles. The Kier molecular flexibility index (Phi) is 7.29. The summed E-state index contributed by atoms with van der Waals surface area (Å²) in [6.07, 6.45) is 3.26. The molecule has 26 heavy (non-hydrogen) atoms. The lowest BCUT2D eigenvalue weighted by Crippen LogP contribution is -2.27. The van der Waals surface area contributed by atoms with Gasteiger partial charge in [-0.3, -0.25) is 4.79 Å². The Bertz CT molecular complexity index is 819. The van der Waals surface area contributed by atoms with E-state index in [-0.39, 0.29) is 23.8 Å². The summed E-state index contributed by atoms with van der Waals surface area (Å²) in [6.45, 7) is 2.10. The number of carbonyl (C=O) groups excluding carboxylic acids is 1. The number of hydrogen-bond donors (Lipinski definition) is 2. The van der Waals surface area contributed by atoms with Crippen molar-refractivity contribution in [3.8, 4) is 0 Å². The maximum absolute atomic E-state index is 12.9. The van der Waals surface area contributed by atoms with E-state index < -0.39 is 15.8 Å². The van der Waals surface area contributed by atoms with Crippen molar-refractivity contribution in [2.24, 2.45) is 0 Å². The molecule has 0 spiro atoms. The summed E-state index contributed by atoms with van der Waals surface area (Å²) in [5.41, 5.74) is 1.90. The minimum Gasteiger partial charge on any atom is -0.326 e. The van der Waals surface area contributed by atoms with Crippen molar-refractivity contribution >= 4 is 21.6 Å². The van der Waals surface area contributed by atoms with Gasteiger partial charge in [-0.25, -0.2) is 17.5 Å². The van der Waals surface area contributed by atoms with Crippen molar-refractivity contribution in [2.45, 2.75) is 37.5 Å². The third kappa shape index (κ3) is 6.24. The minimum atomic E-state index is -3.76. The van der Waals surface area contributed by atoms with Crippen molar-refractivity contribution in [3.63, 3.8) is 0 Å². The molecular weight excluding hydrogens is 355 g/mol. The van der Waals surface area contributed by atoms with Crippen molar-refractivity contribution in [1.82, 2.24) is 4.72 Å². The molecule has 2 aromatic rings. The molecular formula is C19H23FN2O3S. The van der Waals surface area contributed by atoms with Crippen molar-refractivity contribution in [2.75, 3.05) is 11.9 Å². The van der Waals surface area contributed by atoms with Crippen LogP contribution in [0.3, 0.4) is 0 Å². The summed E-state index contributed by atoms with van der Waals surface area (Å²) in [5, 5.41) is 2.74. The number of amides is 1. The Labute approximate surface area is 153 Å². The number of anilines is 1. The molecule has 2 rings (SSSR count).